The van der Waals surface area contributed by atoms with Crippen LogP contribution < -0.4 is 11.1 Å². The lowest BCUT2D eigenvalue weighted by Gasteiger charge is -2.05. The average Bonchev–Trinajstić information content (AvgIpc) is 2.56. The van der Waals surface area contributed by atoms with Crippen LogP contribution in [-0.4, -0.2) is 23.1 Å². The monoisotopic (exact) mass is 164 g/mol. The van der Waals surface area contributed by atoms with Gasteiger partial charge in [-0.3, -0.25) is 0 Å². The van der Waals surface area contributed by atoms with Crippen LogP contribution in [0.2, 0.25) is 0 Å². The van der Waals surface area contributed by atoms with E-state index in [-0.39, 0.29) is 0 Å². The zero-order valence-electron chi connectivity index (χ0n) is 6.83. The van der Waals surface area contributed by atoms with Gasteiger partial charge in [-0.25, -0.2) is 9.97 Å². The van der Waals surface area contributed by atoms with E-state index < -0.39 is 0 Å². The Labute approximate surface area is 71.2 Å². The molecule has 0 saturated carbocycles. The van der Waals surface area contributed by atoms with Crippen LogP contribution in [0.1, 0.15) is 18.2 Å². The Kier molecular flexibility index (Phi) is 1.91. The fourth-order valence-corrected chi connectivity index (χ4v) is 1.46. The van der Waals surface area contributed by atoms with Gasteiger partial charge in [0, 0.05) is 18.7 Å². The van der Waals surface area contributed by atoms with E-state index in [1.165, 1.54) is 0 Å². The zero-order chi connectivity index (χ0) is 8.39. The number of nitrogens with two attached hydrogens (primary N) is 1. The minimum Gasteiger partial charge on any atom is -0.384 e. The summed E-state index contributed by atoms with van der Waals surface area (Å²) in [6.07, 6.45) is 2.83. The van der Waals surface area contributed by atoms with Gasteiger partial charge in [-0.2, -0.15) is 0 Å². The third kappa shape index (κ3) is 1.38. The highest BCUT2D eigenvalue weighted by molar-refractivity contribution is 5.26. The molecule has 2 rings (SSSR count). The molecule has 1 fully saturated rings. The molecule has 1 aromatic heterocycles. The van der Waals surface area contributed by atoms with Gasteiger partial charge < -0.3 is 11.1 Å². The van der Waals surface area contributed by atoms with Gasteiger partial charge in [-0.15, -0.1) is 0 Å². The summed E-state index contributed by atoms with van der Waals surface area (Å²) < 4.78 is 0. The quantitative estimate of drug-likeness (QED) is 0.619. The Bertz CT molecular complexity index is 268. The molecular formula is C8H12N4. The standard InChI is InChI=1S/C8H12N4/c9-7-2-4-11-8(12-7)6-1-3-10-5-6/h2,4,6,10H,1,3,5H2,(H2,9,11,12). The van der Waals surface area contributed by atoms with E-state index in [9.17, 15) is 0 Å². The molecule has 0 radical (unpaired) electrons. The van der Waals surface area contributed by atoms with Crippen molar-refractivity contribution in [1.82, 2.24) is 15.3 Å². The summed E-state index contributed by atoms with van der Waals surface area (Å²) in [4.78, 5) is 8.37. The molecule has 3 N–H and O–H groups in total. The van der Waals surface area contributed by atoms with Crippen molar-refractivity contribution in [2.45, 2.75) is 12.3 Å². The Morgan fingerprint density at radius 1 is 1.58 bits per heavy atom. The smallest absolute Gasteiger partial charge is 0.135 e. The summed E-state index contributed by atoms with van der Waals surface area (Å²) >= 11 is 0. The molecule has 1 aliphatic heterocycles. The minimum absolute atomic E-state index is 0.452. The highest BCUT2D eigenvalue weighted by Gasteiger charge is 2.18. The third-order valence-corrected chi connectivity index (χ3v) is 2.12. The van der Waals surface area contributed by atoms with Crippen LogP contribution in [0.25, 0.3) is 0 Å². The minimum atomic E-state index is 0.452. The van der Waals surface area contributed by atoms with Gasteiger partial charge in [-0.05, 0) is 19.0 Å². The second-order valence-corrected chi connectivity index (χ2v) is 3.03. The number of nitrogens with one attached hydrogen (secondary N) is 1. The Balaban J connectivity index is 2.21. The van der Waals surface area contributed by atoms with Gasteiger partial charge >= 0.3 is 0 Å². The maximum absolute atomic E-state index is 5.55. The van der Waals surface area contributed by atoms with Crippen LogP contribution in [-0.2, 0) is 0 Å². The number of nitrogens with zero attached hydrogens (tertiary/aromatic N) is 2. The number of anilines is 1. The van der Waals surface area contributed by atoms with Gasteiger partial charge in [0.1, 0.15) is 11.6 Å². The first-order chi connectivity index (χ1) is 5.86. The SMILES string of the molecule is Nc1ccnc(C2CCNC2)n1. The number of aromatic nitrogens is 2. The van der Waals surface area contributed by atoms with Crippen LogP contribution in [0.15, 0.2) is 12.3 Å². The first kappa shape index (κ1) is 7.49. The predicted molar refractivity (Wildman–Crippen MR) is 46.7 cm³/mol. The fourth-order valence-electron chi connectivity index (χ4n) is 1.46. The Hall–Kier alpha value is -1.16. The number of hydrogen-bond acceptors (Lipinski definition) is 4. The summed E-state index contributed by atoms with van der Waals surface area (Å²) in [6, 6.07) is 1.71. The summed E-state index contributed by atoms with van der Waals surface area (Å²) in [5.41, 5.74) is 5.55. The molecule has 0 spiro atoms. The molecule has 12 heavy (non-hydrogen) atoms. The lowest BCUT2D eigenvalue weighted by atomic mass is 10.1. The molecule has 0 aromatic carbocycles. The largest absolute Gasteiger partial charge is 0.384 e. The van der Waals surface area contributed by atoms with E-state index in [0.29, 0.717) is 11.7 Å². The van der Waals surface area contributed by atoms with Gasteiger partial charge in [0.2, 0.25) is 0 Å². The maximum Gasteiger partial charge on any atom is 0.135 e. The molecule has 2 heterocycles. The second-order valence-electron chi connectivity index (χ2n) is 3.03. The molecule has 0 amide bonds. The molecule has 64 valence electrons. The number of hydrogen-bond donors (Lipinski definition) is 2. The molecule has 1 atom stereocenters. The van der Waals surface area contributed by atoms with Crippen molar-refractivity contribution < 1.29 is 0 Å². The fraction of sp³-hybridized carbons (Fsp3) is 0.500. The van der Waals surface area contributed by atoms with Crippen molar-refractivity contribution in [3.05, 3.63) is 18.1 Å². The normalized spacial score (nSPS) is 22.8. The molecule has 1 unspecified atom stereocenters. The first-order valence-corrected chi connectivity index (χ1v) is 4.15. The van der Waals surface area contributed by atoms with Crippen LogP contribution in [0.4, 0.5) is 5.82 Å². The van der Waals surface area contributed by atoms with Gasteiger partial charge in [0.15, 0.2) is 0 Å². The van der Waals surface area contributed by atoms with Gasteiger partial charge in [0.25, 0.3) is 0 Å². The van der Waals surface area contributed by atoms with Crippen LogP contribution in [0.5, 0.6) is 0 Å². The van der Waals surface area contributed by atoms with E-state index in [2.05, 4.69) is 15.3 Å². The van der Waals surface area contributed by atoms with Crippen LogP contribution in [0, 0.1) is 0 Å². The molecule has 0 bridgehead atoms. The topological polar surface area (TPSA) is 63.8 Å². The maximum atomic E-state index is 5.55. The highest BCUT2D eigenvalue weighted by atomic mass is 15.0. The third-order valence-electron chi connectivity index (χ3n) is 2.12. The summed E-state index contributed by atoms with van der Waals surface area (Å²) in [5, 5.41) is 3.27. The molecule has 4 heteroatoms. The number of nitrogen functional groups attached to an aromatic ring is 1. The van der Waals surface area contributed by atoms with Crippen LogP contribution >= 0.6 is 0 Å². The van der Waals surface area contributed by atoms with Gasteiger partial charge in [-0.1, -0.05) is 0 Å². The first-order valence-electron chi connectivity index (χ1n) is 4.15. The van der Waals surface area contributed by atoms with Gasteiger partial charge in [0.05, 0.1) is 0 Å². The molecule has 4 nitrogen and oxygen atoms in total. The van der Waals surface area contributed by atoms with Crippen molar-refractivity contribution >= 4 is 5.82 Å². The summed E-state index contributed by atoms with van der Waals surface area (Å²) in [7, 11) is 0. The lowest BCUT2D eigenvalue weighted by Crippen LogP contribution is -2.10. The Morgan fingerprint density at radius 2 is 2.50 bits per heavy atom. The van der Waals surface area contributed by atoms with E-state index in [4.69, 9.17) is 5.73 Å². The molecule has 1 saturated heterocycles. The molecule has 1 aliphatic rings. The molecular weight excluding hydrogens is 152 g/mol. The van der Waals surface area contributed by atoms with E-state index in [1.807, 2.05) is 0 Å². The summed E-state index contributed by atoms with van der Waals surface area (Å²) in [5.74, 6) is 1.89. The van der Waals surface area contributed by atoms with E-state index in [0.717, 1.165) is 25.3 Å². The highest BCUT2D eigenvalue weighted by Crippen LogP contribution is 2.18. The predicted octanol–water partition coefficient (Wildman–Crippen LogP) is 0.136. The van der Waals surface area contributed by atoms with Crippen molar-refractivity contribution in [3.63, 3.8) is 0 Å². The van der Waals surface area contributed by atoms with E-state index >= 15 is 0 Å². The average molecular weight is 164 g/mol. The zero-order valence-corrected chi connectivity index (χ0v) is 6.83. The number of rotatable bonds is 1. The molecule has 0 aliphatic carbocycles. The van der Waals surface area contributed by atoms with Crippen molar-refractivity contribution in [1.29, 1.82) is 0 Å². The molecule has 1 aromatic rings. The van der Waals surface area contributed by atoms with E-state index in [1.54, 1.807) is 12.3 Å². The Morgan fingerprint density at radius 3 is 3.17 bits per heavy atom. The second kappa shape index (κ2) is 3.06. The van der Waals surface area contributed by atoms with Crippen molar-refractivity contribution in [3.8, 4) is 0 Å². The van der Waals surface area contributed by atoms with Crippen molar-refractivity contribution in [2.24, 2.45) is 0 Å². The van der Waals surface area contributed by atoms with Crippen molar-refractivity contribution in [2.75, 3.05) is 18.8 Å². The summed E-state index contributed by atoms with van der Waals surface area (Å²) in [6.45, 7) is 2.03. The van der Waals surface area contributed by atoms with Crippen LogP contribution in [0.3, 0.4) is 0 Å². The lowest BCUT2D eigenvalue weighted by molar-refractivity contribution is 0.703.